The van der Waals surface area contributed by atoms with E-state index in [1.807, 2.05) is 24.3 Å². The van der Waals surface area contributed by atoms with Crippen LogP contribution in [0.15, 0.2) is 48.7 Å². The van der Waals surface area contributed by atoms with Gasteiger partial charge in [0.2, 0.25) is 0 Å². The molecule has 1 heterocycles. The van der Waals surface area contributed by atoms with Crippen LogP contribution in [0.3, 0.4) is 0 Å². The highest BCUT2D eigenvalue weighted by Crippen LogP contribution is 2.31. The number of hydrogen-bond donors (Lipinski definition) is 1. The van der Waals surface area contributed by atoms with E-state index >= 15 is 0 Å². The third-order valence-corrected chi connectivity index (χ3v) is 6.73. The summed E-state index contributed by atoms with van der Waals surface area (Å²) < 4.78 is 0. The molecule has 1 aliphatic carbocycles. The average Bonchev–Trinajstić information content (AvgIpc) is 2.84. The van der Waals surface area contributed by atoms with E-state index in [-0.39, 0.29) is 28.5 Å². The van der Waals surface area contributed by atoms with Gasteiger partial charge in [-0.2, -0.15) is 0 Å². The molecule has 0 aliphatic heterocycles. The molecule has 0 spiro atoms. The number of carbonyl (C=O) groups is 1. The summed E-state index contributed by atoms with van der Waals surface area (Å²) >= 11 is 0. The number of carbonyl (C=O) groups excluding carboxylic acids is 1. The molecule has 1 aliphatic rings. The Morgan fingerprint density at radius 2 is 1.45 bits per heavy atom. The predicted octanol–water partition coefficient (Wildman–Crippen LogP) is 6.96. The summed E-state index contributed by atoms with van der Waals surface area (Å²) in [5, 5.41) is 14.3. The molecule has 0 radical (unpaired) electrons. The molecule has 0 saturated heterocycles. The van der Waals surface area contributed by atoms with Gasteiger partial charge in [-0.15, -0.1) is 0 Å². The van der Waals surface area contributed by atoms with E-state index < -0.39 is 0 Å². The topological polar surface area (TPSA) is 85.1 Å². The molecule has 1 amide bonds. The second-order valence-electron chi connectivity index (χ2n) is 9.28. The first-order chi connectivity index (χ1) is 16.1. The Morgan fingerprint density at radius 3 is 2.03 bits per heavy atom. The van der Waals surface area contributed by atoms with Gasteiger partial charge in [-0.3, -0.25) is 19.9 Å². The van der Waals surface area contributed by atoms with Gasteiger partial charge >= 0.3 is 0 Å². The van der Waals surface area contributed by atoms with Crippen molar-refractivity contribution in [3.8, 4) is 0 Å². The quantitative estimate of drug-likeness (QED) is 0.402. The van der Waals surface area contributed by atoms with Crippen molar-refractivity contribution >= 4 is 11.6 Å². The Labute approximate surface area is 197 Å². The fourth-order valence-electron chi connectivity index (χ4n) is 4.83. The van der Waals surface area contributed by atoms with Gasteiger partial charge in [0.1, 0.15) is 5.69 Å². The highest BCUT2D eigenvalue weighted by molar-refractivity contribution is 5.92. The lowest BCUT2D eigenvalue weighted by atomic mass is 9.86. The lowest BCUT2D eigenvalue weighted by Gasteiger charge is -2.25. The lowest BCUT2D eigenvalue weighted by Crippen LogP contribution is -2.36. The number of nitrogens with one attached hydrogen (secondary N) is 1. The Bertz CT molecular complexity index is 855. The van der Waals surface area contributed by atoms with Gasteiger partial charge in [0.05, 0.1) is 4.92 Å². The summed E-state index contributed by atoms with van der Waals surface area (Å²) in [4.78, 5) is 27.8. The van der Waals surface area contributed by atoms with Crippen molar-refractivity contribution in [2.75, 3.05) is 0 Å². The van der Waals surface area contributed by atoms with E-state index in [0.717, 1.165) is 37.7 Å². The van der Waals surface area contributed by atoms with Gasteiger partial charge in [-0.05, 0) is 42.9 Å². The van der Waals surface area contributed by atoms with Crippen LogP contribution in [-0.4, -0.2) is 21.9 Å². The molecule has 2 aromatic rings. The highest BCUT2D eigenvalue weighted by Gasteiger charge is 2.21. The van der Waals surface area contributed by atoms with Crippen LogP contribution in [0.1, 0.15) is 105 Å². The van der Waals surface area contributed by atoms with Crippen LogP contribution in [0.25, 0.3) is 0 Å². The SMILES string of the molecule is O=C(N[C@@H]1CCCCCCCCCCCCC(c2ccc([N+](=O)[O-])cc2)C1)c1ccccn1. The van der Waals surface area contributed by atoms with Crippen LogP contribution >= 0.6 is 0 Å². The number of hydrogen-bond acceptors (Lipinski definition) is 4. The second-order valence-corrected chi connectivity index (χ2v) is 9.28. The molecule has 2 atom stereocenters. The number of benzene rings is 1. The Morgan fingerprint density at radius 1 is 0.848 bits per heavy atom. The Hall–Kier alpha value is -2.76. The molecule has 1 aromatic carbocycles. The Kier molecular flexibility index (Phi) is 10.3. The van der Waals surface area contributed by atoms with Gasteiger partial charge in [-0.25, -0.2) is 0 Å². The van der Waals surface area contributed by atoms with Gasteiger partial charge in [-0.1, -0.05) is 82.4 Å². The van der Waals surface area contributed by atoms with Crippen LogP contribution in [0, 0.1) is 10.1 Å². The summed E-state index contributed by atoms with van der Waals surface area (Å²) in [5.41, 5.74) is 1.69. The zero-order chi connectivity index (χ0) is 23.3. The molecule has 1 N–H and O–H groups in total. The number of nitrogens with zero attached hydrogens (tertiary/aromatic N) is 2. The molecule has 178 valence electrons. The number of nitro benzene ring substituents is 1. The summed E-state index contributed by atoms with van der Waals surface area (Å²) in [7, 11) is 0. The van der Waals surface area contributed by atoms with E-state index in [0.29, 0.717) is 5.69 Å². The molecule has 3 rings (SSSR count). The number of pyridine rings is 1. The first-order valence-electron chi connectivity index (χ1n) is 12.6. The molecular formula is C27H37N3O3. The minimum absolute atomic E-state index is 0.0600. The number of amides is 1. The predicted molar refractivity (Wildman–Crippen MR) is 131 cm³/mol. The fraction of sp³-hybridized carbons (Fsp3) is 0.556. The van der Waals surface area contributed by atoms with Crippen molar-refractivity contribution < 1.29 is 9.72 Å². The molecular weight excluding hydrogens is 414 g/mol. The number of non-ortho nitro benzene ring substituents is 1. The van der Waals surface area contributed by atoms with Crippen LogP contribution in [0.5, 0.6) is 0 Å². The molecule has 6 heteroatoms. The van der Waals surface area contributed by atoms with E-state index in [1.165, 1.54) is 51.4 Å². The van der Waals surface area contributed by atoms with Crippen molar-refractivity contribution in [1.82, 2.24) is 10.3 Å². The van der Waals surface area contributed by atoms with E-state index in [9.17, 15) is 14.9 Å². The molecule has 1 aromatic heterocycles. The zero-order valence-corrected chi connectivity index (χ0v) is 19.6. The van der Waals surface area contributed by atoms with Crippen LogP contribution in [0.4, 0.5) is 5.69 Å². The van der Waals surface area contributed by atoms with Crippen LogP contribution in [-0.2, 0) is 0 Å². The maximum Gasteiger partial charge on any atom is 0.270 e. The number of rotatable bonds is 4. The third-order valence-electron chi connectivity index (χ3n) is 6.73. The van der Waals surface area contributed by atoms with Gasteiger partial charge in [0, 0.05) is 24.4 Å². The van der Waals surface area contributed by atoms with E-state index in [4.69, 9.17) is 0 Å². The van der Waals surface area contributed by atoms with E-state index in [1.54, 1.807) is 24.4 Å². The van der Waals surface area contributed by atoms with Crippen molar-refractivity contribution in [2.45, 2.75) is 95.4 Å². The Balaban J connectivity index is 1.75. The zero-order valence-electron chi connectivity index (χ0n) is 19.6. The smallest absolute Gasteiger partial charge is 0.270 e. The maximum absolute atomic E-state index is 12.8. The molecule has 33 heavy (non-hydrogen) atoms. The minimum Gasteiger partial charge on any atom is -0.348 e. The molecule has 1 saturated carbocycles. The van der Waals surface area contributed by atoms with Crippen LogP contribution < -0.4 is 5.32 Å². The van der Waals surface area contributed by atoms with Crippen LogP contribution in [0.2, 0.25) is 0 Å². The van der Waals surface area contributed by atoms with Crippen molar-refractivity contribution in [2.24, 2.45) is 0 Å². The summed E-state index contributed by atoms with van der Waals surface area (Å²) in [6.07, 6.45) is 16.9. The van der Waals surface area contributed by atoms with Gasteiger partial charge in [0.15, 0.2) is 0 Å². The lowest BCUT2D eigenvalue weighted by molar-refractivity contribution is -0.384. The average molecular weight is 452 g/mol. The molecule has 1 fully saturated rings. The third kappa shape index (κ3) is 8.60. The molecule has 6 nitrogen and oxygen atoms in total. The standard InChI is InChI=1S/C27H37N3O3/c31-27(26-15-11-12-20-28-26)29-24-14-10-8-6-4-2-1-3-5-7-9-13-23(21-24)22-16-18-25(19-17-22)30(32)33/h11-12,15-20,23-24H,1-10,13-14,21H2,(H,29,31)/t23?,24-/m1/s1. The summed E-state index contributed by atoms with van der Waals surface area (Å²) in [5.74, 6) is 0.144. The monoisotopic (exact) mass is 451 g/mol. The summed E-state index contributed by atoms with van der Waals surface area (Å²) in [6, 6.07) is 12.4. The fourth-order valence-corrected chi connectivity index (χ4v) is 4.83. The first kappa shape index (κ1) is 24.9. The summed E-state index contributed by atoms with van der Waals surface area (Å²) in [6.45, 7) is 0. The van der Waals surface area contributed by atoms with Crippen molar-refractivity contribution in [1.29, 1.82) is 0 Å². The second kappa shape index (κ2) is 13.7. The van der Waals surface area contributed by atoms with Gasteiger partial charge in [0.25, 0.3) is 11.6 Å². The van der Waals surface area contributed by atoms with E-state index in [2.05, 4.69) is 10.3 Å². The highest BCUT2D eigenvalue weighted by atomic mass is 16.6. The number of nitro groups is 1. The maximum atomic E-state index is 12.8. The first-order valence-corrected chi connectivity index (χ1v) is 12.6. The molecule has 1 unspecified atom stereocenters. The largest absolute Gasteiger partial charge is 0.348 e. The molecule has 0 bridgehead atoms. The van der Waals surface area contributed by atoms with Crippen molar-refractivity contribution in [3.63, 3.8) is 0 Å². The van der Waals surface area contributed by atoms with Crippen molar-refractivity contribution in [3.05, 3.63) is 70.0 Å². The van der Waals surface area contributed by atoms with Gasteiger partial charge < -0.3 is 5.32 Å². The minimum atomic E-state index is -0.351. The normalized spacial score (nSPS) is 21.3. The number of aromatic nitrogens is 1.